The lowest BCUT2D eigenvalue weighted by molar-refractivity contribution is -0.0517. The Labute approximate surface area is 170 Å². The molecule has 29 heavy (non-hydrogen) atoms. The number of rotatable bonds is 3. The summed E-state index contributed by atoms with van der Waals surface area (Å²) in [4.78, 5) is 11.7. The minimum absolute atomic E-state index is 0.323. The lowest BCUT2D eigenvalue weighted by atomic mass is 9.99. The Bertz CT molecular complexity index is 954. The van der Waals surface area contributed by atoms with Gasteiger partial charge in [-0.2, -0.15) is 13.2 Å². The van der Waals surface area contributed by atoms with Gasteiger partial charge < -0.3 is 14.0 Å². The highest BCUT2D eigenvalue weighted by molar-refractivity contribution is 7.86. The van der Waals surface area contributed by atoms with E-state index in [-0.39, 0.29) is 0 Å². The highest BCUT2D eigenvalue weighted by Crippen LogP contribution is 2.40. The van der Waals surface area contributed by atoms with E-state index in [0.717, 1.165) is 12.0 Å². The van der Waals surface area contributed by atoms with E-state index < -0.39 is 21.8 Å². The van der Waals surface area contributed by atoms with Crippen LogP contribution in [0, 0.1) is 0 Å². The Hall–Kier alpha value is -1.98. The van der Waals surface area contributed by atoms with Crippen molar-refractivity contribution in [2.45, 2.75) is 30.5 Å². The number of alkyl halides is 3. The summed E-state index contributed by atoms with van der Waals surface area (Å²) in [6.45, 7) is 2.10. The highest BCUT2D eigenvalue weighted by Gasteiger charge is 2.37. The van der Waals surface area contributed by atoms with Gasteiger partial charge in [-0.05, 0) is 41.9 Å². The van der Waals surface area contributed by atoms with E-state index >= 15 is 0 Å². The van der Waals surface area contributed by atoms with Crippen molar-refractivity contribution in [1.82, 2.24) is 0 Å². The van der Waals surface area contributed by atoms with Crippen LogP contribution < -0.4 is 4.74 Å². The summed E-state index contributed by atoms with van der Waals surface area (Å²) >= 11 is 1.42. The first kappa shape index (κ1) is 23.3. The molecule has 0 saturated carbocycles. The maximum Gasteiger partial charge on any atom is 0.513 e. The van der Waals surface area contributed by atoms with E-state index in [2.05, 4.69) is 12.1 Å². The third kappa shape index (κ3) is 6.25. The average molecular weight is 452 g/mol. The monoisotopic (exact) mass is 452 g/mol. The van der Waals surface area contributed by atoms with E-state index in [1.54, 1.807) is 6.92 Å². The van der Waals surface area contributed by atoms with Gasteiger partial charge in [0.2, 0.25) is 0 Å². The molecule has 0 spiro atoms. The van der Waals surface area contributed by atoms with Crippen molar-refractivity contribution >= 4 is 38.8 Å². The number of carbonyl (C=O) groups excluding carboxylic acids is 1. The standard InChI is InChI=1S/C17H18O3S.CHF3O3S/c1-2-19-17(18)20-14-10-9-12-6-3-4-7-13(12)16(14)15-8-5-11-21-15;2-1(3,4)8(5,6)7/h3-4,6-7,9-10,15H,2,5,8,11H2,1H3;(H,5,6,7). The Kier molecular flexibility index (Phi) is 7.78. The highest BCUT2D eigenvalue weighted by atomic mass is 32.2. The zero-order chi connectivity index (χ0) is 21.7. The smallest absolute Gasteiger partial charge is 0.513 e. The minimum atomic E-state index is -6.09. The molecule has 1 aliphatic heterocycles. The predicted molar refractivity (Wildman–Crippen MR) is 103 cm³/mol. The third-order valence-corrected chi connectivity index (χ3v) is 6.09. The van der Waals surface area contributed by atoms with E-state index in [4.69, 9.17) is 22.4 Å². The fourth-order valence-electron chi connectivity index (χ4n) is 2.80. The van der Waals surface area contributed by atoms with Gasteiger partial charge in [-0.1, -0.05) is 30.3 Å². The molecule has 0 N–H and O–H groups in total. The van der Waals surface area contributed by atoms with E-state index in [1.165, 1.54) is 34.7 Å². The van der Waals surface area contributed by atoms with Crippen LogP contribution in [-0.4, -0.2) is 37.0 Å². The summed E-state index contributed by atoms with van der Waals surface area (Å²) in [7, 11) is -6.09. The van der Waals surface area contributed by atoms with Crippen LogP contribution in [-0.2, 0) is 26.6 Å². The number of thiol groups is 1. The van der Waals surface area contributed by atoms with Crippen LogP contribution in [0.5, 0.6) is 5.75 Å². The molecule has 2 aromatic rings. The molecule has 0 aliphatic carbocycles. The molecule has 1 heterocycles. The Morgan fingerprint density at radius 1 is 1.24 bits per heavy atom. The molecule has 3 rings (SSSR count). The SMILES string of the molecule is CCOC(=O)Oc1ccc2ccccc2c1C1CCC[SH+]1.O=S(=O)([O-])C(F)(F)F. The van der Waals surface area contributed by atoms with Crippen molar-refractivity contribution in [3.8, 4) is 5.75 Å². The molecule has 2 aromatic carbocycles. The van der Waals surface area contributed by atoms with E-state index in [0.29, 0.717) is 17.6 Å². The van der Waals surface area contributed by atoms with Gasteiger partial charge >= 0.3 is 11.7 Å². The average Bonchev–Trinajstić information content (AvgIpc) is 3.14. The third-order valence-electron chi connectivity index (χ3n) is 3.99. The molecule has 6 nitrogen and oxygen atoms in total. The molecule has 0 aromatic heterocycles. The van der Waals surface area contributed by atoms with Gasteiger partial charge in [0.05, 0.1) is 12.2 Å². The molecule has 1 saturated heterocycles. The number of ether oxygens (including phenoxy) is 2. The number of hydrogen-bond donors (Lipinski definition) is 0. The molecule has 0 radical (unpaired) electrons. The summed E-state index contributed by atoms with van der Waals surface area (Å²) in [6.07, 6.45) is 1.76. The van der Waals surface area contributed by atoms with Gasteiger partial charge in [0, 0.05) is 6.42 Å². The minimum Gasteiger partial charge on any atom is -0.741 e. The topological polar surface area (TPSA) is 92.7 Å². The fraction of sp³-hybridized carbons (Fsp3) is 0.389. The molecule has 160 valence electrons. The molecule has 1 unspecified atom stereocenters. The molecule has 1 aliphatic rings. The Balaban J connectivity index is 0.000000321. The number of fused-ring (bicyclic) bond motifs is 1. The quantitative estimate of drug-likeness (QED) is 0.174. The lowest BCUT2D eigenvalue weighted by Gasteiger charge is -2.14. The largest absolute Gasteiger partial charge is 0.741 e. The van der Waals surface area contributed by atoms with Crippen LogP contribution in [0.15, 0.2) is 36.4 Å². The molecule has 1 fully saturated rings. The van der Waals surface area contributed by atoms with Crippen LogP contribution in [0.1, 0.15) is 30.6 Å². The maximum atomic E-state index is 11.7. The van der Waals surface area contributed by atoms with Gasteiger partial charge in [-0.25, -0.2) is 13.2 Å². The van der Waals surface area contributed by atoms with E-state index in [1.807, 2.05) is 24.3 Å². The fourth-order valence-corrected chi connectivity index (χ4v) is 4.29. The number of halogens is 3. The van der Waals surface area contributed by atoms with Gasteiger partial charge in [-0.15, -0.1) is 0 Å². The first-order chi connectivity index (χ1) is 13.5. The molecular weight excluding hydrogens is 433 g/mol. The van der Waals surface area contributed by atoms with Crippen molar-refractivity contribution < 1.29 is 40.4 Å². The van der Waals surface area contributed by atoms with Gasteiger partial charge in [0.25, 0.3) is 0 Å². The second kappa shape index (κ2) is 9.68. The van der Waals surface area contributed by atoms with Crippen LogP contribution in [0.3, 0.4) is 0 Å². The number of benzene rings is 2. The second-order valence-electron chi connectivity index (χ2n) is 5.95. The summed E-state index contributed by atoms with van der Waals surface area (Å²) in [5.41, 5.74) is -4.49. The summed E-state index contributed by atoms with van der Waals surface area (Å²) in [5.74, 6) is 1.86. The first-order valence-corrected chi connectivity index (χ1v) is 11.1. The van der Waals surface area contributed by atoms with Crippen molar-refractivity contribution in [3.63, 3.8) is 0 Å². The molecule has 0 amide bonds. The van der Waals surface area contributed by atoms with Crippen LogP contribution in [0.25, 0.3) is 10.8 Å². The van der Waals surface area contributed by atoms with Crippen LogP contribution in [0.2, 0.25) is 0 Å². The summed E-state index contributed by atoms with van der Waals surface area (Å²) < 4.78 is 69.3. The Morgan fingerprint density at radius 3 is 2.45 bits per heavy atom. The van der Waals surface area contributed by atoms with Crippen molar-refractivity contribution in [3.05, 3.63) is 42.0 Å². The number of hydrogen-bond acceptors (Lipinski definition) is 6. The van der Waals surface area contributed by atoms with Crippen molar-refractivity contribution in [2.24, 2.45) is 0 Å². The predicted octanol–water partition coefficient (Wildman–Crippen LogP) is 4.08. The van der Waals surface area contributed by atoms with Crippen molar-refractivity contribution in [1.29, 1.82) is 0 Å². The zero-order valence-corrected chi connectivity index (χ0v) is 17.0. The van der Waals surface area contributed by atoms with Crippen LogP contribution >= 0.6 is 0 Å². The molecule has 1 atom stereocenters. The normalized spacial score (nSPS) is 16.8. The Morgan fingerprint density at radius 2 is 1.90 bits per heavy atom. The molecule has 0 bridgehead atoms. The zero-order valence-electron chi connectivity index (χ0n) is 15.3. The van der Waals surface area contributed by atoms with E-state index in [9.17, 15) is 18.0 Å². The lowest BCUT2D eigenvalue weighted by Crippen LogP contribution is -2.21. The summed E-state index contributed by atoms with van der Waals surface area (Å²) in [6, 6.07) is 12.2. The van der Waals surface area contributed by atoms with Gasteiger partial charge in [0.1, 0.15) is 16.8 Å². The van der Waals surface area contributed by atoms with Gasteiger partial charge in [0.15, 0.2) is 10.1 Å². The first-order valence-electron chi connectivity index (χ1n) is 8.59. The maximum absolute atomic E-state index is 11.7. The van der Waals surface area contributed by atoms with Crippen LogP contribution in [0.4, 0.5) is 18.0 Å². The van der Waals surface area contributed by atoms with Crippen molar-refractivity contribution in [2.75, 3.05) is 12.4 Å². The molecular formula is C18H19F3O6S2. The van der Waals surface area contributed by atoms with Gasteiger partial charge in [-0.3, -0.25) is 0 Å². The second-order valence-corrected chi connectivity index (χ2v) is 8.75. The summed E-state index contributed by atoms with van der Waals surface area (Å²) in [5, 5.41) is 2.81. The number of carbonyl (C=O) groups is 1. The molecule has 11 heteroatoms.